The average molecular weight is 338 g/mol. The summed E-state index contributed by atoms with van der Waals surface area (Å²) in [6.45, 7) is 10.6. The Morgan fingerprint density at radius 2 is 2.00 bits per heavy atom. The maximum Gasteiger partial charge on any atom is 0.222 e. The first-order valence-electron chi connectivity index (χ1n) is 9.73. The van der Waals surface area contributed by atoms with Crippen LogP contribution in [0.2, 0.25) is 0 Å². The molecule has 0 bridgehead atoms. The van der Waals surface area contributed by atoms with Gasteiger partial charge in [-0.25, -0.2) is 0 Å². The second kappa shape index (κ2) is 9.40. The van der Waals surface area contributed by atoms with E-state index in [0.29, 0.717) is 36.6 Å². The number of hydrogen-bond acceptors (Lipinski definition) is 3. The zero-order chi connectivity index (χ0) is 17.5. The normalized spacial score (nSPS) is 26.2. The Kier molecular flexibility index (Phi) is 7.53. The summed E-state index contributed by atoms with van der Waals surface area (Å²) in [5.41, 5.74) is 0. The molecule has 0 saturated carbocycles. The third-order valence-electron chi connectivity index (χ3n) is 5.60. The number of nitrogens with zero attached hydrogens (tertiary/aromatic N) is 1. The van der Waals surface area contributed by atoms with Crippen molar-refractivity contribution in [3.8, 4) is 0 Å². The van der Waals surface area contributed by atoms with Gasteiger partial charge >= 0.3 is 0 Å². The van der Waals surface area contributed by atoms with Gasteiger partial charge in [-0.15, -0.1) is 0 Å². The third kappa shape index (κ3) is 5.76. The smallest absolute Gasteiger partial charge is 0.222 e. The summed E-state index contributed by atoms with van der Waals surface area (Å²) in [6, 6.07) is 0. The summed E-state index contributed by atoms with van der Waals surface area (Å²) < 4.78 is 0. The van der Waals surface area contributed by atoms with Gasteiger partial charge in [-0.2, -0.15) is 0 Å². The fourth-order valence-corrected chi connectivity index (χ4v) is 3.84. The number of rotatable bonds is 6. The predicted molar refractivity (Wildman–Crippen MR) is 96.5 cm³/mol. The van der Waals surface area contributed by atoms with Crippen LogP contribution in [0.15, 0.2) is 0 Å². The fourth-order valence-electron chi connectivity index (χ4n) is 3.84. The van der Waals surface area contributed by atoms with E-state index < -0.39 is 0 Å². The lowest BCUT2D eigenvalue weighted by atomic mass is 9.85. The maximum absolute atomic E-state index is 12.7. The van der Waals surface area contributed by atoms with Gasteiger partial charge in [0.25, 0.3) is 0 Å². The molecule has 24 heavy (non-hydrogen) atoms. The molecule has 2 N–H and O–H groups in total. The summed E-state index contributed by atoms with van der Waals surface area (Å²) in [7, 11) is 0. The first-order valence-corrected chi connectivity index (χ1v) is 9.73. The van der Waals surface area contributed by atoms with Crippen molar-refractivity contribution in [1.82, 2.24) is 15.5 Å². The van der Waals surface area contributed by atoms with Crippen molar-refractivity contribution in [3.05, 3.63) is 0 Å². The molecule has 0 aromatic carbocycles. The number of hydrogen-bond donors (Lipinski definition) is 2. The zero-order valence-corrected chi connectivity index (χ0v) is 15.6. The van der Waals surface area contributed by atoms with Gasteiger partial charge in [0, 0.05) is 32.0 Å². The second-order valence-electron chi connectivity index (χ2n) is 8.04. The average Bonchev–Trinajstić information content (AvgIpc) is 2.60. The van der Waals surface area contributed by atoms with Crippen LogP contribution in [0, 0.1) is 23.7 Å². The Morgan fingerprint density at radius 1 is 1.21 bits per heavy atom. The van der Waals surface area contributed by atoms with Gasteiger partial charge in [0.15, 0.2) is 0 Å². The van der Waals surface area contributed by atoms with Crippen LogP contribution in [0.3, 0.4) is 0 Å². The number of carbonyl (C=O) groups excluding carboxylic acids is 2. The maximum atomic E-state index is 12.7. The van der Waals surface area contributed by atoms with Crippen molar-refractivity contribution in [2.75, 3.05) is 32.7 Å². The molecule has 5 heteroatoms. The van der Waals surface area contributed by atoms with Gasteiger partial charge in [0.05, 0.1) is 0 Å². The highest BCUT2D eigenvalue weighted by Crippen LogP contribution is 2.24. The zero-order valence-electron chi connectivity index (χ0n) is 15.6. The van der Waals surface area contributed by atoms with Crippen molar-refractivity contribution >= 4 is 11.8 Å². The van der Waals surface area contributed by atoms with Crippen LogP contribution >= 0.6 is 0 Å². The first kappa shape index (κ1) is 19.2. The summed E-state index contributed by atoms with van der Waals surface area (Å²) in [5.74, 6) is 1.91. The Hall–Kier alpha value is -1.10. The number of likely N-dealkylation sites (tertiary alicyclic amines) is 1. The predicted octanol–water partition coefficient (Wildman–Crippen LogP) is 2.02. The van der Waals surface area contributed by atoms with Crippen LogP contribution < -0.4 is 10.6 Å². The van der Waals surface area contributed by atoms with Crippen LogP contribution in [0.25, 0.3) is 0 Å². The van der Waals surface area contributed by atoms with E-state index >= 15 is 0 Å². The molecule has 3 unspecified atom stereocenters. The molecule has 2 fully saturated rings. The second-order valence-corrected chi connectivity index (χ2v) is 8.04. The molecule has 2 amide bonds. The molecule has 3 atom stereocenters. The summed E-state index contributed by atoms with van der Waals surface area (Å²) in [6.07, 6.45) is 5.28. The van der Waals surface area contributed by atoms with Crippen molar-refractivity contribution < 1.29 is 9.59 Å². The monoisotopic (exact) mass is 337 g/mol. The lowest BCUT2D eigenvalue weighted by molar-refractivity contribution is -0.134. The molecule has 0 spiro atoms. The first-order chi connectivity index (χ1) is 11.5. The molecule has 2 heterocycles. The van der Waals surface area contributed by atoms with E-state index in [0.717, 1.165) is 39.0 Å². The highest BCUT2D eigenvalue weighted by atomic mass is 16.2. The lowest BCUT2D eigenvalue weighted by Gasteiger charge is -2.35. The van der Waals surface area contributed by atoms with Crippen LogP contribution in [0.5, 0.6) is 0 Å². The van der Waals surface area contributed by atoms with E-state index in [2.05, 4.69) is 17.6 Å². The topological polar surface area (TPSA) is 61.4 Å². The fraction of sp³-hybridized carbons (Fsp3) is 0.895. The van der Waals surface area contributed by atoms with E-state index in [1.54, 1.807) is 0 Å². The number of carbonyl (C=O) groups is 2. The Labute approximate surface area is 146 Å². The minimum atomic E-state index is 0.0243. The van der Waals surface area contributed by atoms with E-state index in [4.69, 9.17) is 0 Å². The van der Waals surface area contributed by atoms with Gasteiger partial charge in [-0.05, 0) is 56.5 Å². The SMILES string of the molecule is CC(C)C(=O)NCC1CCCN(C(=O)CC(C)C2CCCNC2)C1. The highest BCUT2D eigenvalue weighted by Gasteiger charge is 2.27. The van der Waals surface area contributed by atoms with Crippen LogP contribution in [0.1, 0.15) is 52.9 Å². The quantitative estimate of drug-likeness (QED) is 0.779. The summed E-state index contributed by atoms with van der Waals surface area (Å²) >= 11 is 0. The van der Waals surface area contributed by atoms with E-state index in [-0.39, 0.29) is 11.8 Å². The van der Waals surface area contributed by atoms with Crippen molar-refractivity contribution in [1.29, 1.82) is 0 Å². The van der Waals surface area contributed by atoms with Crippen LogP contribution in [-0.4, -0.2) is 49.4 Å². The van der Waals surface area contributed by atoms with Gasteiger partial charge in [-0.1, -0.05) is 20.8 Å². The molecule has 2 saturated heterocycles. The largest absolute Gasteiger partial charge is 0.356 e. The molecule has 0 aromatic rings. The Morgan fingerprint density at radius 3 is 2.67 bits per heavy atom. The van der Waals surface area contributed by atoms with Gasteiger partial charge < -0.3 is 15.5 Å². The molecule has 0 radical (unpaired) electrons. The number of piperidine rings is 2. The van der Waals surface area contributed by atoms with Crippen LogP contribution in [0.4, 0.5) is 0 Å². The van der Waals surface area contributed by atoms with Crippen molar-refractivity contribution in [2.24, 2.45) is 23.7 Å². The minimum Gasteiger partial charge on any atom is -0.356 e. The van der Waals surface area contributed by atoms with Gasteiger partial charge in [-0.3, -0.25) is 9.59 Å². The number of amides is 2. The van der Waals surface area contributed by atoms with Crippen molar-refractivity contribution in [2.45, 2.75) is 52.9 Å². The minimum absolute atomic E-state index is 0.0243. The van der Waals surface area contributed by atoms with E-state index in [9.17, 15) is 9.59 Å². The lowest BCUT2D eigenvalue weighted by Crippen LogP contribution is -2.45. The summed E-state index contributed by atoms with van der Waals surface area (Å²) in [4.78, 5) is 26.4. The highest BCUT2D eigenvalue weighted by molar-refractivity contribution is 5.78. The molecular formula is C19H35N3O2. The summed E-state index contributed by atoms with van der Waals surface area (Å²) in [5, 5.41) is 6.47. The molecule has 2 rings (SSSR count). The standard InChI is InChI=1S/C19H35N3O2/c1-14(2)19(24)21-11-16-6-5-9-22(13-16)18(23)10-15(3)17-7-4-8-20-12-17/h14-17,20H,4-13H2,1-3H3,(H,21,24). The Bertz CT molecular complexity index is 419. The molecular weight excluding hydrogens is 302 g/mol. The molecule has 138 valence electrons. The number of nitrogens with one attached hydrogen (secondary N) is 2. The van der Waals surface area contributed by atoms with Gasteiger partial charge in [0.2, 0.25) is 11.8 Å². The van der Waals surface area contributed by atoms with E-state index in [1.165, 1.54) is 12.8 Å². The molecule has 0 aromatic heterocycles. The van der Waals surface area contributed by atoms with E-state index in [1.807, 2.05) is 18.7 Å². The van der Waals surface area contributed by atoms with Crippen molar-refractivity contribution in [3.63, 3.8) is 0 Å². The van der Waals surface area contributed by atoms with Gasteiger partial charge in [0.1, 0.15) is 0 Å². The molecule has 2 aliphatic rings. The Balaban J connectivity index is 1.76. The van der Waals surface area contributed by atoms with Crippen LogP contribution in [-0.2, 0) is 9.59 Å². The molecule has 2 aliphatic heterocycles. The molecule has 0 aliphatic carbocycles. The molecule has 5 nitrogen and oxygen atoms in total. The third-order valence-corrected chi connectivity index (χ3v) is 5.60.